The van der Waals surface area contributed by atoms with E-state index in [-0.39, 0.29) is 5.91 Å². The minimum Gasteiger partial charge on any atom is -0.481 e. The molecule has 0 saturated heterocycles. The van der Waals surface area contributed by atoms with E-state index in [4.69, 9.17) is 9.84 Å². The summed E-state index contributed by atoms with van der Waals surface area (Å²) in [5.74, 6) is -2.04. The van der Waals surface area contributed by atoms with Gasteiger partial charge in [-0.1, -0.05) is 19.9 Å². The van der Waals surface area contributed by atoms with Crippen LogP contribution in [0.5, 0.6) is 0 Å². The van der Waals surface area contributed by atoms with Gasteiger partial charge in [0.25, 0.3) is 0 Å². The van der Waals surface area contributed by atoms with Gasteiger partial charge in [-0.3, -0.25) is 9.59 Å². The molecule has 0 aromatic carbocycles. The molecule has 18 heavy (non-hydrogen) atoms. The summed E-state index contributed by atoms with van der Waals surface area (Å²) in [4.78, 5) is 25.0. The Balaban J connectivity index is 2.72. The van der Waals surface area contributed by atoms with Gasteiger partial charge in [-0.05, 0) is 5.41 Å². The lowest BCUT2D eigenvalue weighted by Crippen LogP contribution is -2.36. The summed E-state index contributed by atoms with van der Waals surface area (Å²) in [5.41, 5.74) is -0.463. The Labute approximate surface area is 107 Å². The fourth-order valence-corrected chi connectivity index (χ4v) is 2.40. The Hall–Kier alpha value is -1.36. The Morgan fingerprint density at radius 3 is 2.44 bits per heavy atom. The van der Waals surface area contributed by atoms with E-state index in [0.717, 1.165) is 0 Å². The third-order valence-corrected chi connectivity index (χ3v) is 3.59. The van der Waals surface area contributed by atoms with Crippen LogP contribution in [0.2, 0.25) is 0 Å². The maximum atomic E-state index is 12.3. The zero-order chi connectivity index (χ0) is 13.9. The molecule has 5 heteroatoms. The average molecular weight is 255 g/mol. The lowest BCUT2D eigenvalue weighted by molar-refractivity contribution is -0.142. The molecule has 1 N–H and O–H groups in total. The molecule has 0 radical (unpaired) electrons. The lowest BCUT2D eigenvalue weighted by Gasteiger charge is -2.21. The van der Waals surface area contributed by atoms with Crippen molar-refractivity contribution in [3.8, 4) is 0 Å². The van der Waals surface area contributed by atoms with Crippen molar-refractivity contribution in [2.45, 2.75) is 13.8 Å². The first-order chi connectivity index (χ1) is 8.37. The Morgan fingerprint density at radius 2 is 2.06 bits per heavy atom. The van der Waals surface area contributed by atoms with Gasteiger partial charge in [0.05, 0.1) is 18.4 Å². The van der Waals surface area contributed by atoms with Gasteiger partial charge >= 0.3 is 5.97 Å². The van der Waals surface area contributed by atoms with E-state index in [1.807, 2.05) is 13.8 Å². The van der Waals surface area contributed by atoms with Crippen molar-refractivity contribution < 1.29 is 19.4 Å². The average Bonchev–Trinajstić information content (AvgIpc) is 2.87. The summed E-state index contributed by atoms with van der Waals surface area (Å²) in [6.07, 6.45) is 1.64. The summed E-state index contributed by atoms with van der Waals surface area (Å²) >= 11 is 0. The molecular formula is C13H21NO4. The number of rotatable bonds is 7. The van der Waals surface area contributed by atoms with Gasteiger partial charge < -0.3 is 14.7 Å². The number of carboxylic acid groups (broad SMARTS) is 1. The molecule has 1 saturated carbocycles. The summed E-state index contributed by atoms with van der Waals surface area (Å²) in [6.45, 7) is 8.55. The van der Waals surface area contributed by atoms with E-state index in [1.54, 1.807) is 18.1 Å². The van der Waals surface area contributed by atoms with Crippen LogP contribution in [0, 0.1) is 17.3 Å². The van der Waals surface area contributed by atoms with Crippen LogP contribution < -0.4 is 0 Å². The molecule has 0 aliphatic heterocycles. The van der Waals surface area contributed by atoms with Crippen LogP contribution in [-0.2, 0) is 14.3 Å². The van der Waals surface area contributed by atoms with E-state index < -0.39 is 23.2 Å². The number of carboxylic acids is 1. The molecule has 1 rings (SSSR count). The number of amides is 1. The molecule has 1 aliphatic rings. The number of carbonyl (C=O) groups is 2. The Bertz CT molecular complexity index is 351. The van der Waals surface area contributed by atoms with E-state index >= 15 is 0 Å². The number of carbonyl (C=O) groups excluding carboxylic acids is 1. The number of hydrogen-bond donors (Lipinski definition) is 1. The lowest BCUT2D eigenvalue weighted by atomic mass is 10.1. The maximum Gasteiger partial charge on any atom is 0.307 e. The Morgan fingerprint density at radius 1 is 1.44 bits per heavy atom. The standard InChI is InChI=1S/C13H21NO4/c1-5-6-14(7-8-18-4)11(15)9-10(12(16)17)13(9,2)3/h5,9-10H,1,6-8H2,2-4H3,(H,16,17). The third kappa shape index (κ3) is 2.72. The molecule has 2 atom stereocenters. The first-order valence-electron chi connectivity index (χ1n) is 5.99. The van der Waals surface area contributed by atoms with Gasteiger partial charge in [0.15, 0.2) is 0 Å². The van der Waals surface area contributed by atoms with Gasteiger partial charge in [0.2, 0.25) is 5.91 Å². The number of methoxy groups -OCH3 is 1. The van der Waals surface area contributed by atoms with Crippen LogP contribution >= 0.6 is 0 Å². The number of ether oxygens (including phenoxy) is 1. The van der Waals surface area contributed by atoms with E-state index in [9.17, 15) is 9.59 Å². The maximum absolute atomic E-state index is 12.3. The fraction of sp³-hybridized carbons (Fsp3) is 0.692. The monoisotopic (exact) mass is 255 g/mol. The van der Waals surface area contributed by atoms with Crippen molar-refractivity contribution in [2.24, 2.45) is 17.3 Å². The van der Waals surface area contributed by atoms with Crippen LogP contribution in [0.4, 0.5) is 0 Å². The molecular weight excluding hydrogens is 234 g/mol. The second-order valence-electron chi connectivity index (χ2n) is 5.18. The first kappa shape index (κ1) is 14.7. The summed E-state index contributed by atoms with van der Waals surface area (Å²) in [7, 11) is 1.57. The number of aliphatic carboxylic acids is 1. The van der Waals surface area contributed by atoms with Crippen molar-refractivity contribution in [3.63, 3.8) is 0 Å². The predicted octanol–water partition coefficient (Wildman–Crippen LogP) is 1.00. The van der Waals surface area contributed by atoms with Crippen LogP contribution in [0.3, 0.4) is 0 Å². The third-order valence-electron chi connectivity index (χ3n) is 3.59. The summed E-state index contributed by atoms with van der Waals surface area (Å²) < 4.78 is 4.95. The molecule has 0 spiro atoms. The molecule has 1 aliphatic carbocycles. The van der Waals surface area contributed by atoms with Gasteiger partial charge in [-0.15, -0.1) is 6.58 Å². The summed E-state index contributed by atoms with van der Waals surface area (Å²) in [6, 6.07) is 0. The summed E-state index contributed by atoms with van der Waals surface area (Å²) in [5, 5.41) is 9.08. The Kier molecular flexibility index (Phi) is 4.51. The van der Waals surface area contributed by atoms with Crippen LogP contribution in [0.15, 0.2) is 12.7 Å². The largest absolute Gasteiger partial charge is 0.481 e. The smallest absolute Gasteiger partial charge is 0.307 e. The second kappa shape index (κ2) is 5.52. The predicted molar refractivity (Wildman–Crippen MR) is 67.0 cm³/mol. The zero-order valence-corrected chi connectivity index (χ0v) is 11.2. The van der Waals surface area contributed by atoms with Crippen molar-refractivity contribution >= 4 is 11.9 Å². The molecule has 0 aromatic heterocycles. The highest BCUT2D eigenvalue weighted by Gasteiger charge is 2.66. The molecule has 0 bridgehead atoms. The molecule has 1 fully saturated rings. The molecule has 1 amide bonds. The minimum absolute atomic E-state index is 0.121. The fourth-order valence-electron chi connectivity index (χ4n) is 2.40. The zero-order valence-electron chi connectivity index (χ0n) is 11.2. The van der Waals surface area contributed by atoms with Gasteiger partial charge in [-0.2, -0.15) is 0 Å². The van der Waals surface area contributed by atoms with E-state index in [2.05, 4.69) is 6.58 Å². The normalized spacial score (nSPS) is 24.4. The quantitative estimate of drug-likeness (QED) is 0.689. The van der Waals surface area contributed by atoms with Crippen molar-refractivity contribution in [2.75, 3.05) is 26.8 Å². The molecule has 0 heterocycles. The van der Waals surface area contributed by atoms with Gasteiger partial charge in [0, 0.05) is 20.2 Å². The van der Waals surface area contributed by atoms with E-state index in [0.29, 0.717) is 19.7 Å². The van der Waals surface area contributed by atoms with Gasteiger partial charge in [0.1, 0.15) is 0 Å². The van der Waals surface area contributed by atoms with E-state index in [1.165, 1.54) is 0 Å². The van der Waals surface area contributed by atoms with Crippen LogP contribution in [0.1, 0.15) is 13.8 Å². The highest BCUT2D eigenvalue weighted by Crippen LogP contribution is 2.58. The van der Waals surface area contributed by atoms with Crippen LogP contribution in [-0.4, -0.2) is 48.7 Å². The first-order valence-corrected chi connectivity index (χ1v) is 5.99. The number of nitrogens with zero attached hydrogens (tertiary/aromatic N) is 1. The van der Waals surface area contributed by atoms with Crippen molar-refractivity contribution in [1.82, 2.24) is 4.90 Å². The topological polar surface area (TPSA) is 66.8 Å². The molecule has 5 nitrogen and oxygen atoms in total. The molecule has 2 unspecified atom stereocenters. The second-order valence-corrected chi connectivity index (χ2v) is 5.18. The molecule has 102 valence electrons. The highest BCUT2D eigenvalue weighted by molar-refractivity contribution is 5.91. The number of hydrogen-bond acceptors (Lipinski definition) is 3. The van der Waals surface area contributed by atoms with Crippen molar-refractivity contribution in [3.05, 3.63) is 12.7 Å². The minimum atomic E-state index is -0.899. The molecule has 0 aromatic rings. The van der Waals surface area contributed by atoms with Crippen molar-refractivity contribution in [1.29, 1.82) is 0 Å². The van der Waals surface area contributed by atoms with Gasteiger partial charge in [-0.25, -0.2) is 0 Å². The van der Waals surface area contributed by atoms with Crippen LogP contribution in [0.25, 0.3) is 0 Å². The highest BCUT2D eigenvalue weighted by atomic mass is 16.5. The SMILES string of the molecule is C=CCN(CCOC)C(=O)C1C(C(=O)O)C1(C)C.